The van der Waals surface area contributed by atoms with E-state index in [0.717, 1.165) is 11.3 Å². The predicted octanol–water partition coefficient (Wildman–Crippen LogP) is 3.80. The van der Waals surface area contributed by atoms with Gasteiger partial charge in [0.1, 0.15) is 11.5 Å². The van der Waals surface area contributed by atoms with Crippen molar-refractivity contribution >= 4 is 29.1 Å². The fourth-order valence-corrected chi connectivity index (χ4v) is 2.91. The summed E-state index contributed by atoms with van der Waals surface area (Å²) in [4.78, 5) is 14.2. The van der Waals surface area contributed by atoms with Crippen LogP contribution < -0.4 is 14.8 Å². The topological polar surface area (TPSA) is 50.8 Å². The molecule has 140 valence electrons. The van der Waals surface area contributed by atoms with E-state index in [1.165, 1.54) is 0 Å². The van der Waals surface area contributed by atoms with Crippen LogP contribution in [0.25, 0.3) is 0 Å². The Labute approximate surface area is 163 Å². The third-order valence-corrected chi connectivity index (χ3v) is 4.38. The molecule has 2 aromatic carbocycles. The first-order chi connectivity index (χ1) is 12.4. The molecule has 0 unspecified atom stereocenters. The van der Waals surface area contributed by atoms with E-state index in [0.29, 0.717) is 22.3 Å². The number of amides is 1. The normalized spacial score (nSPS) is 11.9. The second-order valence-corrected chi connectivity index (χ2v) is 6.77. The van der Waals surface area contributed by atoms with E-state index in [1.807, 2.05) is 43.3 Å². The number of benzene rings is 2. The molecule has 0 fully saturated rings. The van der Waals surface area contributed by atoms with Gasteiger partial charge in [-0.05, 0) is 50.0 Å². The van der Waals surface area contributed by atoms with Crippen LogP contribution in [0.3, 0.4) is 0 Å². The van der Waals surface area contributed by atoms with Crippen molar-refractivity contribution in [2.45, 2.75) is 6.04 Å². The summed E-state index contributed by atoms with van der Waals surface area (Å²) in [6.45, 7) is 0.316. The number of rotatable bonds is 8. The molecule has 1 atom stereocenters. The van der Waals surface area contributed by atoms with Crippen molar-refractivity contribution in [3.05, 3.63) is 58.1 Å². The van der Waals surface area contributed by atoms with Crippen LogP contribution in [-0.2, 0) is 4.79 Å². The molecule has 0 heterocycles. The third kappa shape index (κ3) is 5.80. The minimum absolute atomic E-state index is 0.00756. The maximum absolute atomic E-state index is 12.1. The number of carbonyl (C=O) groups excluding carboxylic acids is 1. The van der Waals surface area contributed by atoms with Crippen LogP contribution in [-0.4, -0.2) is 45.2 Å². The number of ether oxygens (including phenoxy) is 2. The summed E-state index contributed by atoms with van der Waals surface area (Å²) in [5, 5.41) is 3.77. The standard InChI is InChI=1S/C19H22Cl2N2O3/c1-23(2)17(13-5-4-6-15(9-13)25-3)11-22-19(24)12-26-18-8-7-14(20)10-16(18)21/h4-10,17H,11-12H2,1-3H3,(H,22,24)/t17-/m1/s1. The SMILES string of the molecule is COc1cccc([C@@H](CNC(=O)COc2ccc(Cl)cc2Cl)N(C)C)c1. The smallest absolute Gasteiger partial charge is 0.258 e. The van der Waals surface area contributed by atoms with Gasteiger partial charge in [0.05, 0.1) is 18.2 Å². The molecule has 0 aliphatic rings. The molecule has 0 saturated heterocycles. The van der Waals surface area contributed by atoms with Gasteiger partial charge in [0, 0.05) is 11.6 Å². The highest BCUT2D eigenvalue weighted by Crippen LogP contribution is 2.27. The summed E-state index contributed by atoms with van der Waals surface area (Å²) in [7, 11) is 5.55. The van der Waals surface area contributed by atoms with Crippen LogP contribution in [0.15, 0.2) is 42.5 Å². The molecule has 0 bridgehead atoms. The zero-order valence-corrected chi connectivity index (χ0v) is 16.5. The van der Waals surface area contributed by atoms with Crippen molar-refractivity contribution in [3.63, 3.8) is 0 Å². The van der Waals surface area contributed by atoms with E-state index in [1.54, 1.807) is 25.3 Å². The van der Waals surface area contributed by atoms with E-state index in [-0.39, 0.29) is 18.6 Å². The predicted molar refractivity (Wildman–Crippen MR) is 104 cm³/mol. The Morgan fingerprint density at radius 1 is 1.19 bits per heavy atom. The number of methoxy groups -OCH3 is 1. The summed E-state index contributed by atoms with van der Waals surface area (Å²) in [6, 6.07) is 12.7. The van der Waals surface area contributed by atoms with E-state index >= 15 is 0 Å². The highest BCUT2D eigenvalue weighted by Gasteiger charge is 2.16. The number of hydrogen-bond donors (Lipinski definition) is 1. The van der Waals surface area contributed by atoms with Crippen LogP contribution in [0.2, 0.25) is 10.0 Å². The Bertz CT molecular complexity index is 753. The van der Waals surface area contributed by atoms with Crippen molar-refractivity contribution in [2.75, 3.05) is 34.4 Å². The molecule has 7 heteroatoms. The maximum Gasteiger partial charge on any atom is 0.258 e. The minimum atomic E-state index is -0.231. The van der Waals surface area contributed by atoms with Crippen molar-refractivity contribution < 1.29 is 14.3 Å². The second-order valence-electron chi connectivity index (χ2n) is 5.92. The molecule has 0 aliphatic carbocycles. The molecule has 0 spiro atoms. The lowest BCUT2D eigenvalue weighted by Gasteiger charge is -2.25. The molecule has 0 aromatic heterocycles. The molecule has 1 N–H and O–H groups in total. The number of likely N-dealkylation sites (N-methyl/N-ethyl adjacent to an activating group) is 1. The van der Waals surface area contributed by atoms with Crippen molar-refractivity contribution in [1.82, 2.24) is 10.2 Å². The molecule has 0 radical (unpaired) electrons. The molecule has 1 amide bonds. The molecule has 0 aliphatic heterocycles. The fraction of sp³-hybridized carbons (Fsp3) is 0.316. The first-order valence-electron chi connectivity index (χ1n) is 8.05. The van der Waals surface area contributed by atoms with Crippen LogP contribution in [0.4, 0.5) is 0 Å². The van der Waals surface area contributed by atoms with Gasteiger partial charge in [0.25, 0.3) is 5.91 Å². The molecule has 2 rings (SSSR count). The summed E-state index contributed by atoms with van der Waals surface area (Å²) >= 11 is 11.9. The molecule has 26 heavy (non-hydrogen) atoms. The fourth-order valence-electron chi connectivity index (χ4n) is 2.44. The van der Waals surface area contributed by atoms with Gasteiger partial charge in [-0.25, -0.2) is 0 Å². The summed E-state index contributed by atoms with van der Waals surface area (Å²) < 4.78 is 10.7. The van der Waals surface area contributed by atoms with Crippen LogP contribution in [0.1, 0.15) is 11.6 Å². The monoisotopic (exact) mass is 396 g/mol. The molecular formula is C19H22Cl2N2O3. The van der Waals surface area contributed by atoms with E-state index < -0.39 is 0 Å². The lowest BCUT2D eigenvalue weighted by Crippen LogP contribution is -2.36. The Kier molecular flexibility index (Phi) is 7.57. The lowest BCUT2D eigenvalue weighted by molar-refractivity contribution is -0.123. The second kappa shape index (κ2) is 9.67. The molecular weight excluding hydrogens is 375 g/mol. The lowest BCUT2D eigenvalue weighted by atomic mass is 10.1. The van der Waals surface area contributed by atoms with Gasteiger partial charge in [-0.3, -0.25) is 4.79 Å². The van der Waals surface area contributed by atoms with Gasteiger partial charge in [-0.15, -0.1) is 0 Å². The highest BCUT2D eigenvalue weighted by atomic mass is 35.5. The van der Waals surface area contributed by atoms with Gasteiger partial charge in [0.15, 0.2) is 6.61 Å². The number of nitrogens with one attached hydrogen (secondary N) is 1. The van der Waals surface area contributed by atoms with Crippen LogP contribution in [0.5, 0.6) is 11.5 Å². The molecule has 5 nitrogen and oxygen atoms in total. The largest absolute Gasteiger partial charge is 0.497 e. The zero-order valence-electron chi connectivity index (χ0n) is 15.0. The Morgan fingerprint density at radius 3 is 2.62 bits per heavy atom. The Hall–Kier alpha value is -1.95. The van der Waals surface area contributed by atoms with Crippen LogP contribution in [0, 0.1) is 0 Å². The summed E-state index contributed by atoms with van der Waals surface area (Å²) in [6.07, 6.45) is 0. The van der Waals surface area contributed by atoms with Crippen LogP contribution >= 0.6 is 23.2 Å². The maximum atomic E-state index is 12.1. The third-order valence-electron chi connectivity index (χ3n) is 3.85. The Morgan fingerprint density at radius 2 is 1.96 bits per heavy atom. The molecule has 2 aromatic rings. The van der Waals surface area contributed by atoms with Crippen molar-refractivity contribution in [2.24, 2.45) is 0 Å². The first kappa shape index (κ1) is 20.4. The molecule has 0 saturated carbocycles. The van der Waals surface area contributed by atoms with E-state index in [9.17, 15) is 4.79 Å². The average molecular weight is 397 g/mol. The van der Waals surface area contributed by atoms with Gasteiger partial charge >= 0.3 is 0 Å². The number of hydrogen-bond acceptors (Lipinski definition) is 4. The summed E-state index contributed by atoms with van der Waals surface area (Å²) in [5.41, 5.74) is 1.05. The van der Waals surface area contributed by atoms with E-state index in [4.69, 9.17) is 32.7 Å². The van der Waals surface area contributed by atoms with Gasteiger partial charge in [0.2, 0.25) is 0 Å². The van der Waals surface area contributed by atoms with Gasteiger partial charge < -0.3 is 19.7 Å². The number of nitrogens with zero attached hydrogens (tertiary/aromatic N) is 1. The summed E-state index contributed by atoms with van der Waals surface area (Å²) in [5.74, 6) is 0.968. The average Bonchev–Trinajstić information content (AvgIpc) is 2.61. The van der Waals surface area contributed by atoms with Crippen molar-refractivity contribution in [1.29, 1.82) is 0 Å². The number of halogens is 2. The highest BCUT2D eigenvalue weighted by molar-refractivity contribution is 6.35. The van der Waals surface area contributed by atoms with Crippen molar-refractivity contribution in [3.8, 4) is 11.5 Å². The first-order valence-corrected chi connectivity index (χ1v) is 8.81. The quantitative estimate of drug-likeness (QED) is 0.736. The van der Waals surface area contributed by atoms with Gasteiger partial charge in [-0.1, -0.05) is 35.3 Å². The van der Waals surface area contributed by atoms with Gasteiger partial charge in [-0.2, -0.15) is 0 Å². The van der Waals surface area contributed by atoms with E-state index in [2.05, 4.69) is 5.32 Å². The minimum Gasteiger partial charge on any atom is -0.497 e. The Balaban J connectivity index is 1.92. The zero-order chi connectivity index (χ0) is 19.1. The number of carbonyl (C=O) groups is 1.